The fourth-order valence-corrected chi connectivity index (χ4v) is 2.22. The minimum Gasteiger partial charge on any atom is -0.285 e. The van der Waals surface area contributed by atoms with Crippen LogP contribution in [-0.4, -0.2) is 6.29 Å². The third-order valence-corrected chi connectivity index (χ3v) is 3.55. The zero-order valence-electron chi connectivity index (χ0n) is 12.1. The maximum atomic E-state index is 10.6. The number of hydrogen-bond donors (Lipinski definition) is 0. The molecule has 1 nitrogen and oxygen atoms in total. The quantitative estimate of drug-likeness (QED) is 0.318. The monoisotopic (exact) mass is 271 g/mol. The van der Waals surface area contributed by atoms with Crippen LogP contribution in [0, 0.1) is 0 Å². The van der Waals surface area contributed by atoms with Crippen molar-refractivity contribution in [1.29, 1.82) is 0 Å². The lowest BCUT2D eigenvalue weighted by Crippen LogP contribution is -1.88. The van der Waals surface area contributed by atoms with Gasteiger partial charge in [-0.25, -0.2) is 0 Å². The molecule has 0 rings (SSSR count). The zero-order chi connectivity index (χ0) is 13.6. The van der Waals surface area contributed by atoms with Crippen LogP contribution in [0.25, 0.3) is 0 Å². The Hall–Kier alpha value is -0.300. The highest BCUT2D eigenvalue weighted by molar-refractivity contribution is 6.30. The zero-order valence-corrected chi connectivity index (χ0v) is 12.8. The second-order valence-electron chi connectivity index (χ2n) is 5.05. The van der Waals surface area contributed by atoms with Crippen LogP contribution in [-0.2, 0) is 4.79 Å². The van der Waals surface area contributed by atoms with Crippen molar-refractivity contribution in [3.8, 4) is 0 Å². The summed E-state index contributed by atoms with van der Waals surface area (Å²) < 4.78 is 0. The van der Waals surface area contributed by atoms with Gasteiger partial charge in [0.25, 0.3) is 0 Å². The molecule has 0 aliphatic carbocycles. The van der Waals surface area contributed by atoms with Gasteiger partial charge in [0.1, 0.15) is 0 Å². The van der Waals surface area contributed by atoms with Gasteiger partial charge in [0, 0.05) is 10.6 Å². The minimum atomic E-state index is 0.598. The van der Waals surface area contributed by atoms with Gasteiger partial charge in [-0.1, -0.05) is 76.3 Å². The van der Waals surface area contributed by atoms with Gasteiger partial charge in [-0.05, 0) is 19.8 Å². The molecular formula is C16H28ClO. The van der Waals surface area contributed by atoms with E-state index in [1.807, 2.05) is 6.29 Å². The highest BCUT2D eigenvalue weighted by Crippen LogP contribution is 2.16. The first-order chi connectivity index (χ1) is 8.72. The Morgan fingerprint density at radius 2 is 1.33 bits per heavy atom. The van der Waals surface area contributed by atoms with Crippen molar-refractivity contribution in [2.24, 2.45) is 0 Å². The molecular weight excluding hydrogens is 244 g/mol. The van der Waals surface area contributed by atoms with Crippen LogP contribution < -0.4 is 0 Å². The topological polar surface area (TPSA) is 17.1 Å². The van der Waals surface area contributed by atoms with Crippen LogP contribution in [0.3, 0.4) is 0 Å². The van der Waals surface area contributed by atoms with Crippen LogP contribution >= 0.6 is 11.6 Å². The van der Waals surface area contributed by atoms with Crippen LogP contribution in [0.1, 0.15) is 84.5 Å². The van der Waals surface area contributed by atoms with E-state index in [0.717, 1.165) is 12.8 Å². The minimum absolute atomic E-state index is 0.598. The molecule has 0 heterocycles. The molecule has 0 spiro atoms. The van der Waals surface area contributed by atoms with E-state index in [4.69, 9.17) is 11.6 Å². The number of rotatable bonds is 12. The summed E-state index contributed by atoms with van der Waals surface area (Å²) in [7, 11) is 0. The number of carbonyl (C=O) groups excluding carboxylic acids is 1. The maximum Gasteiger partial charge on any atom is 0.230 e. The van der Waals surface area contributed by atoms with Gasteiger partial charge in [-0.2, -0.15) is 0 Å². The number of hydrogen-bond acceptors (Lipinski definition) is 1. The Morgan fingerprint density at radius 1 is 0.889 bits per heavy atom. The Kier molecular flexibility index (Phi) is 12.9. The van der Waals surface area contributed by atoms with Gasteiger partial charge < -0.3 is 0 Å². The van der Waals surface area contributed by atoms with Crippen LogP contribution in [0.2, 0.25) is 0 Å². The van der Waals surface area contributed by atoms with E-state index in [-0.39, 0.29) is 0 Å². The summed E-state index contributed by atoms with van der Waals surface area (Å²) in [5, 5.41) is 0.598. The Balaban J connectivity index is 3.26. The molecule has 0 aliphatic heterocycles. The molecule has 0 aromatic rings. The van der Waals surface area contributed by atoms with Gasteiger partial charge in [-0.3, -0.25) is 4.79 Å². The summed E-state index contributed by atoms with van der Waals surface area (Å²) in [5.74, 6) is 0. The summed E-state index contributed by atoms with van der Waals surface area (Å²) in [5.41, 5.74) is 0.649. The van der Waals surface area contributed by atoms with Crippen molar-refractivity contribution in [3.63, 3.8) is 0 Å². The second kappa shape index (κ2) is 13.1. The third kappa shape index (κ3) is 10.8. The SMILES string of the molecule is CCCCCCCCCCCCC([C]=O)=C(C)Cl. The van der Waals surface area contributed by atoms with E-state index in [9.17, 15) is 4.79 Å². The average molecular weight is 272 g/mol. The molecule has 0 saturated heterocycles. The molecule has 0 unspecified atom stereocenters. The number of allylic oxidation sites excluding steroid dienone is 2. The van der Waals surface area contributed by atoms with Gasteiger partial charge in [0.2, 0.25) is 6.29 Å². The third-order valence-electron chi connectivity index (χ3n) is 3.32. The number of halogens is 1. The van der Waals surface area contributed by atoms with Gasteiger partial charge in [-0.15, -0.1) is 0 Å². The molecule has 0 atom stereocenters. The van der Waals surface area contributed by atoms with Crippen LogP contribution in [0.15, 0.2) is 10.6 Å². The molecule has 0 fully saturated rings. The Bertz CT molecular complexity index is 229. The molecule has 0 aromatic carbocycles. The van der Waals surface area contributed by atoms with E-state index < -0.39 is 0 Å². The fraction of sp³-hybridized carbons (Fsp3) is 0.812. The summed E-state index contributed by atoms with van der Waals surface area (Å²) >= 11 is 5.78. The predicted molar refractivity (Wildman–Crippen MR) is 80.7 cm³/mol. The standard InChI is InChI=1S/C16H28ClO/c1-3-4-5-6-7-8-9-10-11-12-13-16(14-18)15(2)17/h3-13H2,1-2H3. The normalized spacial score (nSPS) is 12.4. The first kappa shape index (κ1) is 17.7. The second-order valence-corrected chi connectivity index (χ2v) is 5.61. The van der Waals surface area contributed by atoms with Crippen molar-refractivity contribution in [3.05, 3.63) is 10.6 Å². The lowest BCUT2D eigenvalue weighted by molar-refractivity contribution is 0.549. The van der Waals surface area contributed by atoms with Gasteiger partial charge in [0.05, 0.1) is 0 Å². The molecule has 0 N–H and O–H groups in total. The van der Waals surface area contributed by atoms with Crippen molar-refractivity contribution in [1.82, 2.24) is 0 Å². The lowest BCUT2D eigenvalue weighted by atomic mass is 10.0. The van der Waals surface area contributed by atoms with Crippen molar-refractivity contribution in [2.45, 2.75) is 84.5 Å². The van der Waals surface area contributed by atoms with E-state index in [2.05, 4.69) is 6.92 Å². The van der Waals surface area contributed by atoms with E-state index in [1.54, 1.807) is 6.92 Å². The fourth-order valence-electron chi connectivity index (χ4n) is 2.08. The van der Waals surface area contributed by atoms with Gasteiger partial charge in [0.15, 0.2) is 0 Å². The smallest absolute Gasteiger partial charge is 0.230 e. The molecule has 0 amide bonds. The van der Waals surface area contributed by atoms with Gasteiger partial charge >= 0.3 is 0 Å². The predicted octanol–water partition coefficient (Wildman–Crippen LogP) is 5.92. The lowest BCUT2D eigenvalue weighted by Gasteiger charge is -2.03. The molecule has 0 bridgehead atoms. The maximum absolute atomic E-state index is 10.6. The summed E-state index contributed by atoms with van der Waals surface area (Å²) in [6, 6.07) is 0. The molecule has 105 valence electrons. The van der Waals surface area contributed by atoms with E-state index in [0.29, 0.717) is 10.6 Å². The molecule has 0 saturated carbocycles. The first-order valence-corrected chi connectivity index (χ1v) is 7.83. The van der Waals surface area contributed by atoms with E-state index >= 15 is 0 Å². The summed E-state index contributed by atoms with van der Waals surface area (Å²) in [6.45, 7) is 4.01. The first-order valence-electron chi connectivity index (χ1n) is 7.45. The van der Waals surface area contributed by atoms with Crippen molar-refractivity contribution < 1.29 is 4.79 Å². The molecule has 2 heteroatoms. The largest absolute Gasteiger partial charge is 0.285 e. The molecule has 18 heavy (non-hydrogen) atoms. The average Bonchev–Trinajstić information content (AvgIpc) is 2.35. The Morgan fingerprint density at radius 3 is 1.72 bits per heavy atom. The Labute approximate surface area is 118 Å². The summed E-state index contributed by atoms with van der Waals surface area (Å²) in [6.07, 6.45) is 15.8. The molecule has 1 radical (unpaired) electrons. The van der Waals surface area contributed by atoms with Crippen molar-refractivity contribution in [2.75, 3.05) is 0 Å². The van der Waals surface area contributed by atoms with E-state index in [1.165, 1.54) is 57.8 Å². The highest BCUT2D eigenvalue weighted by atomic mass is 35.5. The molecule has 0 aromatic heterocycles. The van der Waals surface area contributed by atoms with Crippen LogP contribution in [0.5, 0.6) is 0 Å². The molecule has 0 aliphatic rings. The van der Waals surface area contributed by atoms with Crippen LogP contribution in [0.4, 0.5) is 0 Å². The number of unbranched alkanes of at least 4 members (excludes halogenated alkanes) is 9. The summed E-state index contributed by atoms with van der Waals surface area (Å²) in [4.78, 5) is 10.6. The highest BCUT2D eigenvalue weighted by Gasteiger charge is 2.00. The van der Waals surface area contributed by atoms with Crippen molar-refractivity contribution >= 4 is 17.9 Å².